The third kappa shape index (κ3) is 8.35. The molecule has 0 aliphatic heterocycles. The molecule has 0 fully saturated rings. The van der Waals surface area contributed by atoms with E-state index in [1.165, 1.54) is 5.56 Å². The van der Waals surface area contributed by atoms with Gasteiger partial charge in [0.2, 0.25) is 5.88 Å². The minimum absolute atomic E-state index is 0. The van der Waals surface area contributed by atoms with E-state index in [4.69, 9.17) is 14.2 Å². The first-order valence-corrected chi connectivity index (χ1v) is 9.43. The number of hydrogen-bond acceptors (Lipinski definition) is 5. The smallest absolute Gasteiger partial charge is 0.212 e. The third-order valence-electron chi connectivity index (χ3n) is 4.15. The molecule has 0 saturated carbocycles. The molecule has 7 nitrogen and oxygen atoms in total. The summed E-state index contributed by atoms with van der Waals surface area (Å²) >= 11 is 0. The van der Waals surface area contributed by atoms with Crippen LogP contribution in [0.2, 0.25) is 0 Å². The predicted octanol–water partition coefficient (Wildman–Crippen LogP) is 3.41. The largest absolute Gasteiger partial charge is 0.493 e. The Morgan fingerprint density at radius 1 is 1.03 bits per heavy atom. The Morgan fingerprint density at radius 3 is 2.45 bits per heavy atom. The first-order valence-electron chi connectivity index (χ1n) is 9.43. The molecule has 0 aliphatic carbocycles. The van der Waals surface area contributed by atoms with Crippen molar-refractivity contribution in [2.24, 2.45) is 4.99 Å². The number of halogens is 1. The van der Waals surface area contributed by atoms with E-state index in [1.807, 2.05) is 31.2 Å². The van der Waals surface area contributed by atoms with Gasteiger partial charge in [0, 0.05) is 32.4 Å². The highest BCUT2D eigenvalue weighted by molar-refractivity contribution is 14.0. The first kappa shape index (κ1) is 24.8. The molecule has 2 N–H and O–H groups in total. The van der Waals surface area contributed by atoms with Crippen LogP contribution in [0.1, 0.15) is 24.5 Å². The molecule has 160 valence electrons. The maximum atomic E-state index is 5.64. The van der Waals surface area contributed by atoms with Crippen molar-refractivity contribution in [1.29, 1.82) is 0 Å². The van der Waals surface area contributed by atoms with Gasteiger partial charge in [-0.25, -0.2) is 4.98 Å². The van der Waals surface area contributed by atoms with E-state index in [-0.39, 0.29) is 24.0 Å². The van der Waals surface area contributed by atoms with Crippen LogP contribution >= 0.6 is 24.0 Å². The zero-order valence-electron chi connectivity index (χ0n) is 17.5. The van der Waals surface area contributed by atoms with Gasteiger partial charge >= 0.3 is 0 Å². The van der Waals surface area contributed by atoms with E-state index >= 15 is 0 Å². The fourth-order valence-electron chi connectivity index (χ4n) is 2.69. The quantitative estimate of drug-likeness (QED) is 0.219. The number of nitrogens with zero attached hydrogens (tertiary/aromatic N) is 2. The Balaban J connectivity index is 0.00000420. The highest BCUT2D eigenvalue weighted by Gasteiger charge is 2.05. The minimum atomic E-state index is 0. The summed E-state index contributed by atoms with van der Waals surface area (Å²) in [6.45, 7) is 4.05. The summed E-state index contributed by atoms with van der Waals surface area (Å²) in [4.78, 5) is 8.46. The van der Waals surface area contributed by atoms with Crippen molar-refractivity contribution >= 4 is 29.9 Å². The van der Waals surface area contributed by atoms with Crippen LogP contribution in [0.25, 0.3) is 0 Å². The van der Waals surface area contributed by atoms with Gasteiger partial charge in [-0.3, -0.25) is 4.99 Å². The van der Waals surface area contributed by atoms with Gasteiger partial charge in [-0.2, -0.15) is 0 Å². The Morgan fingerprint density at radius 2 is 1.83 bits per heavy atom. The van der Waals surface area contributed by atoms with E-state index < -0.39 is 0 Å². The van der Waals surface area contributed by atoms with Gasteiger partial charge in [0.25, 0.3) is 0 Å². The van der Waals surface area contributed by atoms with E-state index in [2.05, 4.69) is 26.7 Å². The number of hydrogen-bond donors (Lipinski definition) is 2. The van der Waals surface area contributed by atoms with Crippen LogP contribution in [0.3, 0.4) is 0 Å². The molecule has 0 spiro atoms. The summed E-state index contributed by atoms with van der Waals surface area (Å²) in [5.41, 5.74) is 2.28. The van der Waals surface area contributed by atoms with E-state index in [0.717, 1.165) is 42.4 Å². The number of guanidine groups is 1. The molecule has 2 aromatic rings. The van der Waals surface area contributed by atoms with E-state index in [1.54, 1.807) is 27.5 Å². The second-order valence-corrected chi connectivity index (χ2v) is 6.08. The lowest BCUT2D eigenvalue weighted by Crippen LogP contribution is -2.37. The van der Waals surface area contributed by atoms with Crippen LogP contribution in [-0.2, 0) is 13.0 Å². The lowest BCUT2D eigenvalue weighted by molar-refractivity contribution is 0.310. The lowest BCUT2D eigenvalue weighted by atomic mass is 10.1. The normalized spacial score (nSPS) is 10.7. The highest BCUT2D eigenvalue weighted by atomic mass is 127. The predicted molar refractivity (Wildman–Crippen MR) is 127 cm³/mol. The van der Waals surface area contributed by atoms with Gasteiger partial charge in [-0.15, -0.1) is 24.0 Å². The van der Waals surface area contributed by atoms with Crippen molar-refractivity contribution in [1.82, 2.24) is 15.6 Å². The standard InChI is InChI=1S/C21H30N4O3.HI/c1-5-28-19-13-16(8-10-18(19)26-3)7-6-12-23-21(22-2)25-15-17-9-11-20(27-4)24-14-17;/h8-11,13-14H,5-7,12,15H2,1-4H3,(H2,22,23,25);1H. The molecule has 0 aliphatic rings. The van der Waals surface area contributed by atoms with E-state index in [9.17, 15) is 0 Å². The van der Waals surface area contributed by atoms with Gasteiger partial charge < -0.3 is 24.8 Å². The average molecular weight is 514 g/mol. The van der Waals surface area contributed by atoms with Gasteiger partial charge in [0.05, 0.1) is 20.8 Å². The molecular formula is C21H31IN4O3. The number of aryl methyl sites for hydroxylation is 1. The monoisotopic (exact) mass is 514 g/mol. The molecule has 1 aromatic carbocycles. The zero-order valence-corrected chi connectivity index (χ0v) is 19.9. The number of aromatic nitrogens is 1. The van der Waals surface area contributed by atoms with Crippen molar-refractivity contribution in [3.63, 3.8) is 0 Å². The van der Waals surface area contributed by atoms with Gasteiger partial charge in [-0.1, -0.05) is 12.1 Å². The van der Waals surface area contributed by atoms with Crippen molar-refractivity contribution in [2.75, 3.05) is 34.4 Å². The fourth-order valence-corrected chi connectivity index (χ4v) is 2.69. The Bertz CT molecular complexity index is 754. The molecule has 0 amide bonds. The number of aliphatic imine (C=N–C) groups is 1. The Labute approximate surface area is 190 Å². The summed E-state index contributed by atoms with van der Waals surface area (Å²) in [5, 5.41) is 6.62. The van der Waals surface area contributed by atoms with Gasteiger partial charge in [0.1, 0.15) is 0 Å². The summed E-state index contributed by atoms with van der Waals surface area (Å²) in [7, 11) is 5.02. The SMILES string of the molecule is CCOc1cc(CCCNC(=NC)NCc2ccc(OC)nc2)ccc1OC.I. The summed E-state index contributed by atoms with van der Waals surface area (Å²) < 4.78 is 16.0. The second kappa shape index (κ2) is 13.9. The topological polar surface area (TPSA) is 77.0 Å². The zero-order chi connectivity index (χ0) is 20.2. The summed E-state index contributed by atoms with van der Waals surface area (Å²) in [5.74, 6) is 2.93. The number of benzene rings is 1. The van der Waals surface area contributed by atoms with Crippen molar-refractivity contribution in [3.8, 4) is 17.4 Å². The van der Waals surface area contributed by atoms with Crippen LogP contribution in [0, 0.1) is 0 Å². The number of pyridine rings is 1. The first-order chi connectivity index (χ1) is 13.7. The molecule has 1 aromatic heterocycles. The maximum absolute atomic E-state index is 5.64. The Kier molecular flexibility index (Phi) is 11.9. The van der Waals surface area contributed by atoms with Crippen LogP contribution < -0.4 is 24.8 Å². The summed E-state index contributed by atoms with van der Waals surface area (Å²) in [6.07, 6.45) is 3.71. The molecule has 0 bridgehead atoms. The molecule has 2 rings (SSSR count). The molecule has 29 heavy (non-hydrogen) atoms. The number of ether oxygens (including phenoxy) is 3. The molecule has 1 heterocycles. The molecular weight excluding hydrogens is 483 g/mol. The minimum Gasteiger partial charge on any atom is -0.493 e. The Hall–Kier alpha value is -2.23. The van der Waals surface area contributed by atoms with Crippen LogP contribution in [-0.4, -0.2) is 45.4 Å². The van der Waals surface area contributed by atoms with Gasteiger partial charge in [0.15, 0.2) is 17.5 Å². The van der Waals surface area contributed by atoms with E-state index in [0.29, 0.717) is 19.0 Å². The van der Waals surface area contributed by atoms with Crippen LogP contribution in [0.15, 0.2) is 41.5 Å². The molecule has 8 heteroatoms. The molecule has 0 saturated heterocycles. The van der Waals surface area contributed by atoms with Crippen molar-refractivity contribution in [2.45, 2.75) is 26.3 Å². The third-order valence-corrected chi connectivity index (χ3v) is 4.15. The number of nitrogens with one attached hydrogen (secondary N) is 2. The fraction of sp³-hybridized carbons (Fsp3) is 0.429. The molecule has 0 unspecified atom stereocenters. The number of rotatable bonds is 10. The summed E-state index contributed by atoms with van der Waals surface area (Å²) in [6, 6.07) is 9.90. The molecule has 0 atom stereocenters. The average Bonchev–Trinajstić information content (AvgIpc) is 2.74. The number of methoxy groups -OCH3 is 2. The van der Waals surface area contributed by atoms with Crippen molar-refractivity contribution in [3.05, 3.63) is 47.7 Å². The molecule has 0 radical (unpaired) electrons. The van der Waals surface area contributed by atoms with Crippen LogP contribution in [0.5, 0.6) is 17.4 Å². The second-order valence-electron chi connectivity index (χ2n) is 6.08. The van der Waals surface area contributed by atoms with Crippen molar-refractivity contribution < 1.29 is 14.2 Å². The highest BCUT2D eigenvalue weighted by Crippen LogP contribution is 2.28. The van der Waals surface area contributed by atoms with Gasteiger partial charge in [-0.05, 0) is 43.0 Å². The lowest BCUT2D eigenvalue weighted by Gasteiger charge is -2.13. The van der Waals surface area contributed by atoms with Crippen LogP contribution in [0.4, 0.5) is 0 Å². The maximum Gasteiger partial charge on any atom is 0.212 e.